The number of rotatable bonds is 4. The molecule has 1 aliphatic rings. The summed E-state index contributed by atoms with van der Waals surface area (Å²) in [6.07, 6.45) is 1.52. The van der Waals surface area contributed by atoms with Crippen LogP contribution in [0, 0.1) is 0 Å². The average Bonchev–Trinajstić information content (AvgIpc) is 2.42. The van der Waals surface area contributed by atoms with Crippen molar-refractivity contribution in [3.63, 3.8) is 0 Å². The largest absolute Gasteiger partial charge is 0.476 e. The van der Waals surface area contributed by atoms with Crippen LogP contribution in [-0.4, -0.2) is 54.2 Å². The topological polar surface area (TPSA) is 67.5 Å². The van der Waals surface area contributed by atoms with Crippen molar-refractivity contribution < 1.29 is 4.74 Å². The molecule has 0 spiro atoms. The predicted octanol–water partition coefficient (Wildman–Crippen LogP) is 0.599. The maximum Gasteiger partial charge on any atom is 0.242 e. The van der Waals surface area contributed by atoms with Crippen molar-refractivity contribution in [2.24, 2.45) is 0 Å². The van der Waals surface area contributed by atoms with Gasteiger partial charge < -0.3 is 20.3 Å². The summed E-state index contributed by atoms with van der Waals surface area (Å²) in [5.74, 6) is 1.28. The summed E-state index contributed by atoms with van der Waals surface area (Å²) in [5, 5.41) is 0. The number of piperazine rings is 1. The first kappa shape index (κ1) is 12.9. The second kappa shape index (κ2) is 5.86. The molecule has 0 saturated carbocycles. The first-order valence-corrected chi connectivity index (χ1v) is 6.46. The number of likely N-dealkylation sites (N-methyl/N-ethyl adjacent to an activating group) is 1. The number of ether oxygens (including phenoxy) is 1. The summed E-state index contributed by atoms with van der Waals surface area (Å²) in [6, 6.07) is 0. The normalized spacial score (nSPS) is 16.9. The third kappa shape index (κ3) is 2.64. The molecular weight excluding hydrogens is 230 g/mol. The van der Waals surface area contributed by atoms with Gasteiger partial charge in [-0.1, -0.05) is 6.92 Å². The molecule has 0 atom stereocenters. The van der Waals surface area contributed by atoms with Crippen molar-refractivity contribution in [3.8, 4) is 5.88 Å². The van der Waals surface area contributed by atoms with Gasteiger partial charge in [0.1, 0.15) is 12.0 Å². The van der Waals surface area contributed by atoms with Crippen molar-refractivity contribution in [1.29, 1.82) is 0 Å². The van der Waals surface area contributed by atoms with Crippen LogP contribution in [0.1, 0.15) is 13.8 Å². The summed E-state index contributed by atoms with van der Waals surface area (Å²) in [4.78, 5) is 13.0. The van der Waals surface area contributed by atoms with Crippen molar-refractivity contribution in [2.75, 3.05) is 50.0 Å². The van der Waals surface area contributed by atoms with Gasteiger partial charge in [-0.25, -0.2) is 4.98 Å². The first-order valence-electron chi connectivity index (χ1n) is 6.46. The van der Waals surface area contributed by atoms with Crippen LogP contribution in [0.5, 0.6) is 5.88 Å². The summed E-state index contributed by atoms with van der Waals surface area (Å²) >= 11 is 0. The van der Waals surface area contributed by atoms with Gasteiger partial charge in [0.05, 0.1) is 6.61 Å². The highest BCUT2D eigenvalue weighted by molar-refractivity contribution is 5.67. The van der Waals surface area contributed by atoms with E-state index in [4.69, 9.17) is 10.5 Å². The van der Waals surface area contributed by atoms with Crippen LogP contribution in [-0.2, 0) is 0 Å². The molecule has 2 rings (SSSR count). The highest BCUT2D eigenvalue weighted by Crippen LogP contribution is 2.28. The summed E-state index contributed by atoms with van der Waals surface area (Å²) in [6.45, 7) is 9.74. The van der Waals surface area contributed by atoms with Crippen LogP contribution in [0.25, 0.3) is 0 Å². The van der Waals surface area contributed by atoms with Gasteiger partial charge in [0.25, 0.3) is 0 Å². The summed E-state index contributed by atoms with van der Waals surface area (Å²) < 4.78 is 5.40. The van der Waals surface area contributed by atoms with Crippen molar-refractivity contribution in [3.05, 3.63) is 6.33 Å². The van der Waals surface area contributed by atoms with Crippen LogP contribution in [0.4, 0.5) is 11.5 Å². The molecule has 6 heteroatoms. The third-order valence-corrected chi connectivity index (χ3v) is 3.23. The molecule has 1 aliphatic heterocycles. The van der Waals surface area contributed by atoms with Gasteiger partial charge in [0.2, 0.25) is 5.88 Å². The number of hydrogen-bond acceptors (Lipinski definition) is 6. The summed E-state index contributed by atoms with van der Waals surface area (Å²) in [5.41, 5.74) is 6.61. The molecule has 1 fully saturated rings. The van der Waals surface area contributed by atoms with Gasteiger partial charge in [-0.15, -0.1) is 0 Å². The number of nitrogen functional groups attached to an aromatic ring is 1. The van der Waals surface area contributed by atoms with Crippen LogP contribution >= 0.6 is 0 Å². The first-order chi connectivity index (χ1) is 8.76. The lowest BCUT2D eigenvalue weighted by Crippen LogP contribution is -2.46. The highest BCUT2D eigenvalue weighted by Gasteiger charge is 2.20. The zero-order valence-electron chi connectivity index (χ0n) is 11.1. The maximum atomic E-state index is 6.06. The quantitative estimate of drug-likeness (QED) is 0.845. The molecule has 100 valence electrons. The van der Waals surface area contributed by atoms with E-state index in [1.54, 1.807) is 0 Å². The van der Waals surface area contributed by atoms with Crippen LogP contribution in [0.3, 0.4) is 0 Å². The molecule has 2 N–H and O–H groups in total. The van der Waals surface area contributed by atoms with E-state index in [0.717, 1.165) is 38.5 Å². The van der Waals surface area contributed by atoms with Gasteiger partial charge in [-0.2, -0.15) is 4.98 Å². The standard InChI is InChI=1S/C12H21N5O/c1-3-16-5-7-17(8-6-16)11-10(13)12(18-4-2)15-9-14-11/h9H,3-8,13H2,1-2H3. The number of anilines is 2. The molecule has 2 heterocycles. The minimum absolute atomic E-state index is 0.487. The van der Waals surface area contributed by atoms with Crippen LogP contribution in [0.2, 0.25) is 0 Å². The maximum absolute atomic E-state index is 6.06. The molecule has 18 heavy (non-hydrogen) atoms. The van der Waals surface area contributed by atoms with Crippen molar-refractivity contribution in [2.45, 2.75) is 13.8 Å². The van der Waals surface area contributed by atoms with Gasteiger partial charge >= 0.3 is 0 Å². The molecule has 0 unspecified atom stereocenters. The zero-order chi connectivity index (χ0) is 13.0. The Morgan fingerprint density at radius 1 is 1.22 bits per heavy atom. The van der Waals surface area contributed by atoms with E-state index in [0.29, 0.717) is 18.2 Å². The van der Waals surface area contributed by atoms with E-state index in [9.17, 15) is 0 Å². The Hall–Kier alpha value is -1.56. The van der Waals surface area contributed by atoms with Gasteiger partial charge in [0, 0.05) is 26.2 Å². The molecule has 0 radical (unpaired) electrons. The molecule has 6 nitrogen and oxygen atoms in total. The average molecular weight is 251 g/mol. The van der Waals surface area contributed by atoms with E-state index >= 15 is 0 Å². The Morgan fingerprint density at radius 2 is 1.94 bits per heavy atom. The molecule has 1 aromatic heterocycles. The fourth-order valence-corrected chi connectivity index (χ4v) is 2.15. The van der Waals surface area contributed by atoms with Gasteiger partial charge in [0.15, 0.2) is 5.82 Å². The number of aromatic nitrogens is 2. The van der Waals surface area contributed by atoms with E-state index < -0.39 is 0 Å². The van der Waals surface area contributed by atoms with Crippen molar-refractivity contribution in [1.82, 2.24) is 14.9 Å². The minimum Gasteiger partial charge on any atom is -0.476 e. The second-order valence-corrected chi connectivity index (χ2v) is 4.27. The fourth-order valence-electron chi connectivity index (χ4n) is 2.15. The fraction of sp³-hybridized carbons (Fsp3) is 0.667. The van der Waals surface area contributed by atoms with E-state index in [1.165, 1.54) is 6.33 Å². The molecule has 0 aliphatic carbocycles. The predicted molar refractivity (Wildman–Crippen MR) is 71.9 cm³/mol. The Bertz CT molecular complexity index is 390. The van der Waals surface area contributed by atoms with Gasteiger partial charge in [-0.3, -0.25) is 0 Å². The van der Waals surface area contributed by atoms with E-state index in [1.807, 2.05) is 6.92 Å². The van der Waals surface area contributed by atoms with E-state index in [2.05, 4.69) is 26.7 Å². The highest BCUT2D eigenvalue weighted by atomic mass is 16.5. The molecule has 1 aromatic rings. The van der Waals surface area contributed by atoms with Crippen molar-refractivity contribution >= 4 is 11.5 Å². The second-order valence-electron chi connectivity index (χ2n) is 4.27. The molecule has 0 aromatic carbocycles. The zero-order valence-corrected chi connectivity index (χ0v) is 11.1. The van der Waals surface area contributed by atoms with E-state index in [-0.39, 0.29) is 0 Å². The smallest absolute Gasteiger partial charge is 0.242 e. The van der Waals surface area contributed by atoms with Gasteiger partial charge in [-0.05, 0) is 13.5 Å². The molecule has 0 bridgehead atoms. The number of hydrogen-bond donors (Lipinski definition) is 1. The SMILES string of the molecule is CCOc1ncnc(N2CCN(CC)CC2)c1N. The number of nitrogens with zero attached hydrogens (tertiary/aromatic N) is 4. The van der Waals surface area contributed by atoms with Crippen LogP contribution < -0.4 is 15.4 Å². The Labute approximate surface area is 108 Å². The monoisotopic (exact) mass is 251 g/mol. The summed E-state index contributed by atoms with van der Waals surface area (Å²) in [7, 11) is 0. The molecule has 1 saturated heterocycles. The number of nitrogens with two attached hydrogens (primary N) is 1. The van der Waals surface area contributed by atoms with Crippen LogP contribution in [0.15, 0.2) is 6.33 Å². The third-order valence-electron chi connectivity index (χ3n) is 3.23. The lowest BCUT2D eigenvalue weighted by atomic mass is 10.3. The molecular formula is C12H21N5O. The lowest BCUT2D eigenvalue weighted by Gasteiger charge is -2.35. The lowest BCUT2D eigenvalue weighted by molar-refractivity contribution is 0.270. The molecule has 0 amide bonds. The Balaban J connectivity index is 2.11. The minimum atomic E-state index is 0.487. The Morgan fingerprint density at radius 3 is 2.56 bits per heavy atom. The Kier molecular flexibility index (Phi) is 4.19.